The quantitative estimate of drug-likeness (QED) is 0.562. The van der Waals surface area contributed by atoms with Crippen molar-refractivity contribution in [3.63, 3.8) is 0 Å². The predicted molar refractivity (Wildman–Crippen MR) is 68.0 cm³/mol. The van der Waals surface area contributed by atoms with Crippen LogP contribution in [-0.2, 0) is 9.47 Å². The first-order valence-electron chi connectivity index (χ1n) is 7.78. The van der Waals surface area contributed by atoms with E-state index in [1.165, 1.54) is 19.3 Å². The van der Waals surface area contributed by atoms with Crippen LogP contribution in [0.5, 0.6) is 0 Å². The first kappa shape index (κ1) is 10.4. The van der Waals surface area contributed by atoms with Crippen molar-refractivity contribution in [1.29, 1.82) is 0 Å². The summed E-state index contributed by atoms with van der Waals surface area (Å²) in [7, 11) is 0. The van der Waals surface area contributed by atoms with Gasteiger partial charge in [0.05, 0.1) is 25.9 Å². The maximum atomic E-state index is 6.25. The van der Waals surface area contributed by atoms with Gasteiger partial charge < -0.3 is 9.47 Å². The minimum absolute atomic E-state index is 0.588. The number of ether oxygens (including phenoxy) is 2. The summed E-state index contributed by atoms with van der Waals surface area (Å²) < 4.78 is 11.5. The molecule has 2 nitrogen and oxygen atoms in total. The molecule has 1 saturated heterocycles. The standard InChI is InChI=1S/C16H22O2/c1-2-11-3-10(1)15-12-4-13(16(11)15)14(5-12)18-8-9-6-17-7-9/h1-2,9-16H,3-8H2. The second-order valence-electron chi connectivity index (χ2n) is 7.27. The minimum atomic E-state index is 0.588. The summed E-state index contributed by atoms with van der Waals surface area (Å²) in [4.78, 5) is 0. The fourth-order valence-electron chi connectivity index (χ4n) is 5.79. The Hall–Kier alpha value is -0.340. The molecule has 1 heterocycles. The van der Waals surface area contributed by atoms with Gasteiger partial charge in [0.15, 0.2) is 0 Å². The summed E-state index contributed by atoms with van der Waals surface area (Å²) in [5.74, 6) is 6.45. The lowest BCUT2D eigenvalue weighted by Gasteiger charge is -2.37. The third-order valence-corrected chi connectivity index (χ3v) is 6.46. The van der Waals surface area contributed by atoms with Gasteiger partial charge in [-0.05, 0) is 54.8 Å². The molecule has 7 atom stereocenters. The normalized spacial score (nSPS) is 56.1. The van der Waals surface area contributed by atoms with E-state index in [9.17, 15) is 0 Å². The van der Waals surface area contributed by atoms with E-state index in [4.69, 9.17) is 9.47 Å². The van der Waals surface area contributed by atoms with Gasteiger partial charge >= 0.3 is 0 Å². The molecule has 3 saturated carbocycles. The summed E-state index contributed by atoms with van der Waals surface area (Å²) in [5, 5.41) is 0. The smallest absolute Gasteiger partial charge is 0.0609 e. The van der Waals surface area contributed by atoms with Gasteiger partial charge in [-0.2, -0.15) is 0 Å². The Kier molecular flexibility index (Phi) is 2.09. The van der Waals surface area contributed by atoms with E-state index in [0.29, 0.717) is 12.0 Å². The third kappa shape index (κ3) is 1.26. The lowest BCUT2D eigenvalue weighted by Crippen LogP contribution is -2.38. The van der Waals surface area contributed by atoms with Gasteiger partial charge in [0.2, 0.25) is 0 Å². The summed E-state index contributed by atoms with van der Waals surface area (Å²) in [6.07, 6.45) is 9.92. The number of hydrogen-bond donors (Lipinski definition) is 0. The number of fused-ring (bicyclic) bond motifs is 9. The molecule has 0 N–H and O–H groups in total. The molecule has 2 heteroatoms. The van der Waals surface area contributed by atoms with Crippen LogP contribution in [0.25, 0.3) is 0 Å². The second-order valence-corrected chi connectivity index (χ2v) is 7.27. The minimum Gasteiger partial charge on any atom is -0.381 e. The van der Waals surface area contributed by atoms with Crippen molar-refractivity contribution < 1.29 is 9.47 Å². The molecule has 0 amide bonds. The predicted octanol–water partition coefficient (Wildman–Crippen LogP) is 2.50. The molecule has 0 aromatic heterocycles. The van der Waals surface area contributed by atoms with Gasteiger partial charge in [0, 0.05) is 5.92 Å². The van der Waals surface area contributed by atoms with Crippen LogP contribution in [0.2, 0.25) is 0 Å². The SMILES string of the molecule is C1=CC2CC1C1C3CC(OCC4COC4)C(C3)C21. The Labute approximate surface area is 109 Å². The van der Waals surface area contributed by atoms with E-state index in [1.54, 1.807) is 0 Å². The van der Waals surface area contributed by atoms with Crippen LogP contribution in [0.4, 0.5) is 0 Å². The van der Waals surface area contributed by atoms with E-state index in [1.807, 2.05) is 0 Å². The molecule has 5 aliphatic rings. The lowest BCUT2D eigenvalue weighted by atomic mass is 9.72. The van der Waals surface area contributed by atoms with Gasteiger partial charge in [-0.15, -0.1) is 0 Å². The summed E-state index contributed by atoms with van der Waals surface area (Å²) in [5.41, 5.74) is 0. The van der Waals surface area contributed by atoms with E-state index in [2.05, 4.69) is 12.2 Å². The monoisotopic (exact) mass is 246 g/mol. The molecule has 0 aromatic rings. The average molecular weight is 246 g/mol. The summed E-state index contributed by atoms with van der Waals surface area (Å²) in [6, 6.07) is 0. The van der Waals surface area contributed by atoms with Crippen molar-refractivity contribution in [2.45, 2.75) is 25.4 Å². The van der Waals surface area contributed by atoms with E-state index in [0.717, 1.165) is 55.3 Å². The average Bonchev–Trinajstić information content (AvgIpc) is 3.05. The van der Waals surface area contributed by atoms with Gasteiger partial charge in [-0.3, -0.25) is 0 Å². The molecule has 98 valence electrons. The number of hydrogen-bond acceptors (Lipinski definition) is 2. The molecule has 1 aliphatic heterocycles. The maximum absolute atomic E-state index is 6.25. The summed E-state index contributed by atoms with van der Waals surface area (Å²) in [6.45, 7) is 2.82. The van der Waals surface area contributed by atoms with Crippen LogP contribution < -0.4 is 0 Å². The molecule has 0 spiro atoms. The fourth-order valence-corrected chi connectivity index (χ4v) is 5.79. The highest BCUT2D eigenvalue weighted by Crippen LogP contribution is 2.65. The van der Waals surface area contributed by atoms with Crippen molar-refractivity contribution in [2.75, 3.05) is 19.8 Å². The van der Waals surface area contributed by atoms with Crippen LogP contribution >= 0.6 is 0 Å². The maximum Gasteiger partial charge on any atom is 0.0609 e. The van der Waals surface area contributed by atoms with Crippen molar-refractivity contribution in [2.24, 2.45) is 41.4 Å². The number of rotatable bonds is 3. The Morgan fingerprint density at radius 3 is 2.61 bits per heavy atom. The van der Waals surface area contributed by atoms with E-state index < -0.39 is 0 Å². The lowest BCUT2D eigenvalue weighted by molar-refractivity contribution is -0.103. The van der Waals surface area contributed by atoms with Gasteiger partial charge in [0.25, 0.3) is 0 Å². The van der Waals surface area contributed by atoms with Crippen molar-refractivity contribution in [3.05, 3.63) is 12.2 Å². The molecule has 7 unspecified atom stereocenters. The molecule has 4 bridgehead atoms. The highest BCUT2D eigenvalue weighted by atomic mass is 16.5. The molecule has 0 radical (unpaired) electrons. The van der Waals surface area contributed by atoms with Gasteiger partial charge in [-0.1, -0.05) is 12.2 Å². The Balaban J connectivity index is 1.30. The molecule has 0 aromatic carbocycles. The first-order valence-corrected chi connectivity index (χ1v) is 7.78. The second kappa shape index (κ2) is 3.61. The molecule has 4 aliphatic carbocycles. The fraction of sp³-hybridized carbons (Fsp3) is 0.875. The molecule has 18 heavy (non-hydrogen) atoms. The van der Waals surface area contributed by atoms with Crippen LogP contribution in [0.3, 0.4) is 0 Å². The van der Waals surface area contributed by atoms with Crippen molar-refractivity contribution >= 4 is 0 Å². The molecule has 4 fully saturated rings. The van der Waals surface area contributed by atoms with Crippen LogP contribution in [-0.4, -0.2) is 25.9 Å². The summed E-state index contributed by atoms with van der Waals surface area (Å²) >= 11 is 0. The third-order valence-electron chi connectivity index (χ3n) is 6.46. The van der Waals surface area contributed by atoms with Crippen LogP contribution in [0.1, 0.15) is 19.3 Å². The Morgan fingerprint density at radius 1 is 1.00 bits per heavy atom. The topological polar surface area (TPSA) is 18.5 Å². The zero-order chi connectivity index (χ0) is 11.7. The molecular weight excluding hydrogens is 224 g/mol. The largest absolute Gasteiger partial charge is 0.381 e. The van der Waals surface area contributed by atoms with Gasteiger partial charge in [0.1, 0.15) is 0 Å². The first-order chi connectivity index (χ1) is 8.90. The highest BCUT2D eigenvalue weighted by molar-refractivity contribution is 5.21. The number of allylic oxidation sites excluding steroid dienone is 2. The van der Waals surface area contributed by atoms with E-state index in [-0.39, 0.29) is 0 Å². The molecule has 5 rings (SSSR count). The van der Waals surface area contributed by atoms with Crippen molar-refractivity contribution in [3.8, 4) is 0 Å². The zero-order valence-electron chi connectivity index (χ0n) is 10.8. The molecular formula is C16H22O2. The van der Waals surface area contributed by atoms with Crippen LogP contribution in [0, 0.1) is 41.4 Å². The van der Waals surface area contributed by atoms with Crippen molar-refractivity contribution in [1.82, 2.24) is 0 Å². The Morgan fingerprint density at radius 2 is 1.83 bits per heavy atom. The van der Waals surface area contributed by atoms with Crippen LogP contribution in [0.15, 0.2) is 12.2 Å². The highest BCUT2D eigenvalue weighted by Gasteiger charge is 2.61. The van der Waals surface area contributed by atoms with Gasteiger partial charge in [-0.25, -0.2) is 0 Å². The Bertz CT molecular complexity index is 387. The zero-order valence-corrected chi connectivity index (χ0v) is 10.8. The van der Waals surface area contributed by atoms with E-state index >= 15 is 0 Å².